The summed E-state index contributed by atoms with van der Waals surface area (Å²) in [6.45, 7) is 1.12. The molecule has 24 heavy (non-hydrogen) atoms. The van der Waals surface area contributed by atoms with E-state index < -0.39 is 32.0 Å². The second-order valence-electron chi connectivity index (χ2n) is 4.10. The minimum atomic E-state index is -4.64. The Kier molecular flexibility index (Phi) is 12.8. The summed E-state index contributed by atoms with van der Waals surface area (Å²) in [6, 6.07) is 9.12. The number of nitrogens with one attached hydrogen (secondary N) is 1. The molecule has 8 N–H and O–H groups in total. The standard InChI is InChI=1S/C9H11NO3.C3H6O3.H3O4P/c11-8(9(12)13)6-10-7-4-2-1-3-5-7;1-2(4)3(5)6;1-5(2,3)4/h1-5,8,10-11H,6H2,(H,12,13);3,5-6H,1H3;(H3,1,2,3,4). The average Bonchev–Trinajstić information content (AvgIpc) is 2.44. The van der Waals surface area contributed by atoms with Crippen LogP contribution in [0.3, 0.4) is 0 Å². The molecule has 0 fully saturated rings. The predicted molar refractivity (Wildman–Crippen MR) is 81.7 cm³/mol. The number of ketones is 1. The molecule has 0 aliphatic heterocycles. The van der Waals surface area contributed by atoms with Crippen molar-refractivity contribution in [2.75, 3.05) is 11.9 Å². The summed E-state index contributed by atoms with van der Waals surface area (Å²) in [6.07, 6.45) is -3.15. The molecule has 0 radical (unpaired) electrons. The van der Waals surface area contributed by atoms with Gasteiger partial charge in [0.15, 0.2) is 11.9 Å². The zero-order valence-corrected chi connectivity index (χ0v) is 13.4. The van der Waals surface area contributed by atoms with Gasteiger partial charge in [-0.25, -0.2) is 9.36 Å². The number of hydrogen-bond donors (Lipinski definition) is 8. The van der Waals surface area contributed by atoms with Crippen LogP contribution in [-0.2, 0) is 14.2 Å². The van der Waals surface area contributed by atoms with E-state index in [-0.39, 0.29) is 6.54 Å². The highest BCUT2D eigenvalue weighted by molar-refractivity contribution is 7.45. The van der Waals surface area contributed by atoms with Crippen molar-refractivity contribution >= 4 is 25.3 Å². The first-order valence-electron chi connectivity index (χ1n) is 6.19. The Morgan fingerprint density at radius 2 is 1.46 bits per heavy atom. The number of anilines is 1. The molecule has 138 valence electrons. The Balaban J connectivity index is 0. The third-order valence-electron chi connectivity index (χ3n) is 1.92. The molecule has 12 heteroatoms. The molecular weight excluding hydrogens is 349 g/mol. The number of Topliss-reactive ketones (excluding diaryl/α,β-unsaturated/α-hetero) is 1. The van der Waals surface area contributed by atoms with E-state index >= 15 is 0 Å². The quantitative estimate of drug-likeness (QED) is 0.221. The van der Waals surface area contributed by atoms with Gasteiger partial charge in [0.05, 0.1) is 6.54 Å². The first-order chi connectivity index (χ1) is 10.8. The molecule has 0 bridgehead atoms. The van der Waals surface area contributed by atoms with Gasteiger partial charge in [-0.1, -0.05) is 18.2 Å². The number of carbonyl (C=O) groups excluding carboxylic acids is 1. The Labute approximate surface area is 137 Å². The molecule has 1 aromatic rings. The van der Waals surface area contributed by atoms with E-state index in [2.05, 4.69) is 5.32 Å². The van der Waals surface area contributed by atoms with E-state index in [9.17, 15) is 9.59 Å². The highest BCUT2D eigenvalue weighted by Gasteiger charge is 2.11. The second-order valence-corrected chi connectivity index (χ2v) is 5.13. The fourth-order valence-electron chi connectivity index (χ4n) is 0.858. The van der Waals surface area contributed by atoms with E-state index in [0.717, 1.165) is 12.6 Å². The number of carboxylic acids is 1. The molecule has 0 aromatic heterocycles. The van der Waals surface area contributed by atoms with Gasteiger partial charge in [-0.05, 0) is 19.1 Å². The normalized spacial score (nSPS) is 11.3. The van der Waals surface area contributed by atoms with Crippen LogP contribution in [0.2, 0.25) is 0 Å². The zero-order chi connectivity index (χ0) is 19.3. The fraction of sp³-hybridized carbons (Fsp3) is 0.333. The van der Waals surface area contributed by atoms with Gasteiger partial charge in [-0.15, -0.1) is 0 Å². The second kappa shape index (κ2) is 12.6. The maximum absolute atomic E-state index is 10.2. The van der Waals surface area contributed by atoms with Gasteiger partial charge in [0.25, 0.3) is 0 Å². The van der Waals surface area contributed by atoms with Crippen LogP contribution < -0.4 is 5.32 Å². The van der Waals surface area contributed by atoms with Gasteiger partial charge in [-0.3, -0.25) is 4.79 Å². The number of hydrogen-bond acceptors (Lipinski definition) is 7. The summed E-state index contributed by atoms with van der Waals surface area (Å²) in [4.78, 5) is 41.4. The number of rotatable bonds is 5. The highest BCUT2D eigenvalue weighted by Crippen LogP contribution is 2.25. The SMILES string of the molecule is CC(=O)C(O)O.O=C(O)C(O)CNc1ccccc1.O=P(O)(O)O. The summed E-state index contributed by atoms with van der Waals surface area (Å²) < 4.78 is 8.88. The lowest BCUT2D eigenvalue weighted by atomic mass is 10.3. The van der Waals surface area contributed by atoms with Crippen LogP contribution in [0.1, 0.15) is 6.92 Å². The number of aliphatic hydroxyl groups is 3. The Hall–Kier alpha value is -1.85. The lowest BCUT2D eigenvalue weighted by Gasteiger charge is -2.08. The van der Waals surface area contributed by atoms with Gasteiger partial charge in [0.2, 0.25) is 6.29 Å². The smallest absolute Gasteiger partial charge is 0.466 e. The van der Waals surface area contributed by atoms with Crippen molar-refractivity contribution in [1.82, 2.24) is 0 Å². The molecule has 0 saturated heterocycles. The van der Waals surface area contributed by atoms with E-state index in [1.165, 1.54) is 0 Å². The molecule has 0 aliphatic rings. The third-order valence-corrected chi connectivity index (χ3v) is 1.92. The highest BCUT2D eigenvalue weighted by atomic mass is 31.2. The number of aliphatic carboxylic acids is 1. The van der Waals surface area contributed by atoms with Crippen LogP contribution in [0, 0.1) is 0 Å². The molecule has 0 saturated carbocycles. The predicted octanol–water partition coefficient (Wildman–Crippen LogP) is -1.50. The largest absolute Gasteiger partial charge is 0.479 e. The molecule has 1 aromatic carbocycles. The van der Waals surface area contributed by atoms with Crippen LogP contribution >= 0.6 is 7.82 Å². The summed E-state index contributed by atoms with van der Waals surface area (Å²) in [5.41, 5.74) is 0.794. The van der Waals surface area contributed by atoms with E-state index in [1.807, 2.05) is 18.2 Å². The zero-order valence-electron chi connectivity index (χ0n) is 12.6. The minimum Gasteiger partial charge on any atom is -0.479 e. The molecule has 0 amide bonds. The number of carbonyl (C=O) groups is 2. The molecule has 0 heterocycles. The van der Waals surface area contributed by atoms with Gasteiger partial charge >= 0.3 is 13.8 Å². The van der Waals surface area contributed by atoms with Gasteiger partial charge < -0.3 is 40.4 Å². The summed E-state index contributed by atoms with van der Waals surface area (Å²) in [7, 11) is -4.64. The molecule has 11 nitrogen and oxygen atoms in total. The van der Waals surface area contributed by atoms with Gasteiger partial charge in [-0.2, -0.15) is 0 Å². The van der Waals surface area contributed by atoms with Crippen molar-refractivity contribution in [3.05, 3.63) is 30.3 Å². The molecule has 0 spiro atoms. The van der Waals surface area contributed by atoms with E-state index in [0.29, 0.717) is 0 Å². The molecular formula is C12H20NO10P. The number of para-hydroxylation sites is 1. The fourth-order valence-corrected chi connectivity index (χ4v) is 0.858. The lowest BCUT2D eigenvalue weighted by Crippen LogP contribution is -2.28. The van der Waals surface area contributed by atoms with E-state index in [1.54, 1.807) is 12.1 Å². The van der Waals surface area contributed by atoms with Gasteiger partial charge in [0.1, 0.15) is 0 Å². The average molecular weight is 369 g/mol. The molecule has 0 aliphatic carbocycles. The maximum atomic E-state index is 10.2. The number of benzene rings is 1. The number of aliphatic hydroxyl groups excluding tert-OH is 2. The Morgan fingerprint density at radius 3 is 1.75 bits per heavy atom. The summed E-state index contributed by atoms with van der Waals surface area (Å²) in [5.74, 6) is -1.85. The van der Waals surface area contributed by atoms with Gasteiger partial charge in [0, 0.05) is 5.69 Å². The topological polar surface area (TPSA) is 205 Å². The van der Waals surface area contributed by atoms with Crippen LogP contribution in [0.4, 0.5) is 5.69 Å². The van der Waals surface area contributed by atoms with Crippen LogP contribution in [0.5, 0.6) is 0 Å². The molecule has 1 unspecified atom stereocenters. The molecule has 1 atom stereocenters. The third kappa shape index (κ3) is 20.1. The maximum Gasteiger partial charge on any atom is 0.466 e. The van der Waals surface area contributed by atoms with Crippen molar-refractivity contribution < 1.29 is 49.3 Å². The minimum absolute atomic E-state index is 0.0132. The van der Waals surface area contributed by atoms with Crippen LogP contribution in [0.25, 0.3) is 0 Å². The van der Waals surface area contributed by atoms with E-state index in [4.69, 9.17) is 39.7 Å². The van der Waals surface area contributed by atoms with Crippen molar-refractivity contribution in [3.63, 3.8) is 0 Å². The number of carboxylic acid groups (broad SMARTS) is 1. The van der Waals surface area contributed by atoms with Crippen molar-refractivity contribution in [1.29, 1.82) is 0 Å². The monoisotopic (exact) mass is 369 g/mol. The summed E-state index contributed by atoms with van der Waals surface area (Å²) >= 11 is 0. The first-order valence-corrected chi connectivity index (χ1v) is 7.75. The van der Waals surface area contributed by atoms with Crippen molar-refractivity contribution in [2.45, 2.75) is 19.3 Å². The first kappa shape index (κ1) is 24.4. The number of phosphoric acid groups is 1. The van der Waals surface area contributed by atoms with Crippen molar-refractivity contribution in [3.8, 4) is 0 Å². The van der Waals surface area contributed by atoms with Crippen molar-refractivity contribution in [2.24, 2.45) is 0 Å². The lowest BCUT2D eigenvalue weighted by molar-refractivity contribution is -0.145. The summed E-state index contributed by atoms with van der Waals surface area (Å²) in [5, 5.41) is 35.8. The van der Waals surface area contributed by atoms with Crippen LogP contribution in [-0.4, -0.2) is 65.8 Å². The Bertz CT molecular complexity index is 522. The Morgan fingerprint density at radius 1 is 1.08 bits per heavy atom. The van der Waals surface area contributed by atoms with Crippen LogP contribution in [0.15, 0.2) is 30.3 Å². The molecule has 1 rings (SSSR count).